The van der Waals surface area contributed by atoms with E-state index in [2.05, 4.69) is 11.0 Å². The molecule has 3 aromatic rings. The van der Waals surface area contributed by atoms with Gasteiger partial charge in [0, 0.05) is 30.5 Å². The average molecular weight is 390 g/mol. The molecule has 0 bridgehead atoms. The minimum Gasteiger partial charge on any atom is -0.545 e. The third kappa shape index (κ3) is 4.34. The Hall–Kier alpha value is -2.86. The average Bonchev–Trinajstić information content (AvgIpc) is 3.28. The summed E-state index contributed by atoms with van der Waals surface area (Å²) in [6, 6.07) is 19.0. The highest BCUT2D eigenvalue weighted by molar-refractivity contribution is 7.98. The summed E-state index contributed by atoms with van der Waals surface area (Å²) in [5.74, 6) is 0.390. The van der Waals surface area contributed by atoms with Gasteiger partial charge in [-0.05, 0) is 30.0 Å². The van der Waals surface area contributed by atoms with Gasteiger partial charge in [-0.2, -0.15) is 0 Å². The Balaban J connectivity index is 1.61. The molecule has 2 heterocycles. The summed E-state index contributed by atoms with van der Waals surface area (Å²) in [5.41, 5.74) is 3.06. The molecule has 0 aliphatic carbocycles. The quantitative estimate of drug-likeness (QED) is 0.475. The van der Waals surface area contributed by atoms with Gasteiger partial charge in [0.05, 0.1) is 11.7 Å². The van der Waals surface area contributed by atoms with Crippen molar-refractivity contribution < 1.29 is 9.90 Å². The van der Waals surface area contributed by atoms with Crippen molar-refractivity contribution in [1.82, 2.24) is 9.97 Å². The van der Waals surface area contributed by atoms with Gasteiger partial charge in [0.2, 0.25) is 0 Å². The number of thioether (sulfide) groups is 1. The molecule has 0 N–H and O–H groups in total. The third-order valence-corrected chi connectivity index (χ3v) is 5.64. The van der Waals surface area contributed by atoms with Crippen LogP contribution >= 0.6 is 11.8 Å². The number of aromatic carboxylic acids is 1. The van der Waals surface area contributed by atoms with E-state index in [0.717, 1.165) is 35.7 Å². The molecule has 0 amide bonds. The lowest BCUT2D eigenvalue weighted by atomic mass is 10.1. The highest BCUT2D eigenvalue weighted by Gasteiger charge is 2.16. The van der Waals surface area contributed by atoms with Crippen LogP contribution < -0.4 is 10.0 Å². The second-order valence-electron chi connectivity index (χ2n) is 6.73. The summed E-state index contributed by atoms with van der Waals surface area (Å²) in [4.78, 5) is 22.9. The monoisotopic (exact) mass is 390 g/mol. The van der Waals surface area contributed by atoms with E-state index in [1.165, 1.54) is 24.6 Å². The van der Waals surface area contributed by atoms with E-state index in [-0.39, 0.29) is 5.56 Å². The molecule has 0 radical (unpaired) electrons. The SMILES string of the molecule is O=C([O-])c1cccc(CSc2nc(-c3ccccc3)cc(N3CCCC3)n2)c1. The fourth-order valence-corrected chi connectivity index (χ4v) is 4.07. The van der Waals surface area contributed by atoms with Crippen LogP contribution in [0, 0.1) is 0 Å². The minimum atomic E-state index is -1.16. The Kier molecular flexibility index (Phi) is 5.58. The van der Waals surface area contributed by atoms with Crippen LogP contribution in [-0.2, 0) is 5.75 Å². The van der Waals surface area contributed by atoms with Gasteiger partial charge >= 0.3 is 0 Å². The molecule has 0 unspecified atom stereocenters. The van der Waals surface area contributed by atoms with E-state index in [1.54, 1.807) is 18.2 Å². The van der Waals surface area contributed by atoms with Gasteiger partial charge in [-0.15, -0.1) is 0 Å². The first-order valence-electron chi connectivity index (χ1n) is 9.31. The number of carboxylic acid groups (broad SMARTS) is 1. The van der Waals surface area contributed by atoms with Crippen molar-refractivity contribution >= 4 is 23.5 Å². The normalized spacial score (nSPS) is 13.6. The topological polar surface area (TPSA) is 69.2 Å². The molecule has 1 aromatic heterocycles. The summed E-state index contributed by atoms with van der Waals surface area (Å²) < 4.78 is 0. The fourth-order valence-electron chi connectivity index (χ4n) is 3.28. The van der Waals surface area contributed by atoms with E-state index >= 15 is 0 Å². The molecule has 4 rings (SSSR count). The molecular formula is C22H20N3O2S-. The van der Waals surface area contributed by atoms with E-state index < -0.39 is 5.97 Å². The first-order valence-corrected chi connectivity index (χ1v) is 10.3. The summed E-state index contributed by atoms with van der Waals surface area (Å²) in [6.07, 6.45) is 2.37. The second-order valence-corrected chi connectivity index (χ2v) is 7.67. The number of anilines is 1. The van der Waals surface area contributed by atoms with Crippen LogP contribution in [0.5, 0.6) is 0 Å². The number of benzene rings is 2. The fraction of sp³-hybridized carbons (Fsp3) is 0.227. The van der Waals surface area contributed by atoms with E-state index in [9.17, 15) is 9.90 Å². The van der Waals surface area contributed by atoms with Crippen LogP contribution in [0.1, 0.15) is 28.8 Å². The van der Waals surface area contributed by atoms with Crippen molar-refractivity contribution in [2.24, 2.45) is 0 Å². The lowest BCUT2D eigenvalue weighted by Crippen LogP contribution is -2.22. The predicted molar refractivity (Wildman–Crippen MR) is 109 cm³/mol. The highest BCUT2D eigenvalue weighted by Crippen LogP contribution is 2.28. The summed E-state index contributed by atoms with van der Waals surface area (Å²) >= 11 is 1.51. The van der Waals surface area contributed by atoms with Gasteiger partial charge in [-0.3, -0.25) is 0 Å². The molecule has 5 nitrogen and oxygen atoms in total. The van der Waals surface area contributed by atoms with Gasteiger partial charge in [0.1, 0.15) is 5.82 Å². The van der Waals surface area contributed by atoms with Crippen LogP contribution in [0.3, 0.4) is 0 Å². The van der Waals surface area contributed by atoms with E-state index in [4.69, 9.17) is 9.97 Å². The Labute approximate surface area is 168 Å². The Morgan fingerprint density at radius 3 is 2.54 bits per heavy atom. The minimum absolute atomic E-state index is 0.190. The standard InChI is InChI=1S/C22H21N3O2S/c26-21(27)18-10-6-7-16(13-18)15-28-22-23-19(17-8-2-1-3-9-17)14-20(24-22)25-11-4-5-12-25/h1-3,6-10,13-14H,4-5,11-12,15H2,(H,26,27)/p-1. The van der Waals surface area contributed by atoms with Crippen LogP contribution in [0.4, 0.5) is 5.82 Å². The van der Waals surface area contributed by atoms with Crippen LogP contribution in [-0.4, -0.2) is 29.0 Å². The lowest BCUT2D eigenvalue weighted by Gasteiger charge is -2.18. The van der Waals surface area contributed by atoms with Crippen molar-refractivity contribution in [3.63, 3.8) is 0 Å². The zero-order valence-corrected chi connectivity index (χ0v) is 16.2. The van der Waals surface area contributed by atoms with Crippen LogP contribution in [0.2, 0.25) is 0 Å². The van der Waals surface area contributed by atoms with Gasteiger partial charge < -0.3 is 14.8 Å². The molecule has 1 saturated heterocycles. The van der Waals surface area contributed by atoms with Crippen molar-refractivity contribution in [2.45, 2.75) is 23.8 Å². The highest BCUT2D eigenvalue weighted by atomic mass is 32.2. The molecule has 1 fully saturated rings. The summed E-state index contributed by atoms with van der Waals surface area (Å²) in [6.45, 7) is 2.03. The first-order chi connectivity index (χ1) is 13.7. The van der Waals surface area contributed by atoms with E-state index in [1.807, 2.05) is 36.4 Å². The number of carbonyl (C=O) groups excluding carboxylic acids is 1. The van der Waals surface area contributed by atoms with Crippen LogP contribution in [0.15, 0.2) is 65.8 Å². The third-order valence-electron chi connectivity index (χ3n) is 4.72. The summed E-state index contributed by atoms with van der Waals surface area (Å²) in [7, 11) is 0. The second kappa shape index (κ2) is 8.44. The number of hydrogen-bond acceptors (Lipinski definition) is 6. The molecule has 2 aromatic carbocycles. The van der Waals surface area contributed by atoms with Gasteiger partial charge in [0.15, 0.2) is 5.16 Å². The molecule has 142 valence electrons. The van der Waals surface area contributed by atoms with Crippen molar-refractivity contribution in [3.8, 4) is 11.3 Å². The van der Waals surface area contributed by atoms with Crippen molar-refractivity contribution in [2.75, 3.05) is 18.0 Å². The Morgan fingerprint density at radius 2 is 1.79 bits per heavy atom. The maximum atomic E-state index is 11.1. The zero-order chi connectivity index (χ0) is 19.3. The van der Waals surface area contributed by atoms with Gasteiger partial charge in [-0.25, -0.2) is 9.97 Å². The zero-order valence-electron chi connectivity index (χ0n) is 15.4. The number of rotatable bonds is 6. The Morgan fingerprint density at radius 1 is 1.00 bits per heavy atom. The first kappa shape index (κ1) is 18.5. The smallest absolute Gasteiger partial charge is 0.190 e. The molecule has 1 aliphatic rings. The summed E-state index contributed by atoms with van der Waals surface area (Å²) in [5, 5.41) is 11.8. The molecule has 0 saturated carbocycles. The predicted octanol–water partition coefficient (Wildman–Crippen LogP) is 3.40. The van der Waals surface area contributed by atoms with Crippen molar-refractivity contribution in [3.05, 3.63) is 71.8 Å². The van der Waals surface area contributed by atoms with Gasteiger partial charge in [-0.1, -0.05) is 60.3 Å². The number of aromatic nitrogens is 2. The molecule has 1 aliphatic heterocycles. The lowest BCUT2D eigenvalue weighted by molar-refractivity contribution is -0.255. The number of carboxylic acids is 1. The number of nitrogens with zero attached hydrogens (tertiary/aromatic N) is 3. The van der Waals surface area contributed by atoms with Gasteiger partial charge in [0.25, 0.3) is 0 Å². The maximum Gasteiger partial charge on any atom is 0.190 e. The molecule has 28 heavy (non-hydrogen) atoms. The maximum absolute atomic E-state index is 11.1. The molecule has 6 heteroatoms. The van der Waals surface area contributed by atoms with E-state index in [0.29, 0.717) is 10.9 Å². The number of carbonyl (C=O) groups is 1. The molecule has 0 atom stereocenters. The van der Waals surface area contributed by atoms with Crippen LogP contribution in [0.25, 0.3) is 11.3 Å². The molecular weight excluding hydrogens is 370 g/mol. The Bertz CT molecular complexity index is 973. The van der Waals surface area contributed by atoms with Crippen molar-refractivity contribution in [1.29, 1.82) is 0 Å². The number of hydrogen-bond donors (Lipinski definition) is 0. The largest absolute Gasteiger partial charge is 0.545 e. The molecule has 0 spiro atoms.